The lowest BCUT2D eigenvalue weighted by Gasteiger charge is -2.33. The van der Waals surface area contributed by atoms with Crippen molar-refractivity contribution in [3.8, 4) is 0 Å². The molecular weight excluding hydrogens is 397 g/mol. The molecule has 0 aliphatic carbocycles. The highest BCUT2D eigenvalue weighted by Gasteiger charge is 2.37. The minimum atomic E-state index is -0.442. The van der Waals surface area contributed by atoms with Crippen LogP contribution in [-0.4, -0.2) is 65.3 Å². The summed E-state index contributed by atoms with van der Waals surface area (Å²) in [5.74, 6) is 1.16. The van der Waals surface area contributed by atoms with E-state index < -0.39 is 6.17 Å². The first kappa shape index (κ1) is 17.7. The van der Waals surface area contributed by atoms with Crippen LogP contribution in [0, 0.1) is 0 Å². The number of hydrogen-bond donors (Lipinski definition) is 2. The van der Waals surface area contributed by atoms with Crippen molar-refractivity contribution in [1.29, 1.82) is 0 Å². The Morgan fingerprint density at radius 3 is 2.58 bits per heavy atom. The van der Waals surface area contributed by atoms with Crippen LogP contribution >= 0.6 is 35.4 Å². The van der Waals surface area contributed by atoms with Gasteiger partial charge in [-0.1, -0.05) is 29.3 Å². The van der Waals surface area contributed by atoms with E-state index in [0.29, 0.717) is 45.9 Å². The van der Waals surface area contributed by atoms with Crippen molar-refractivity contribution >= 4 is 52.5 Å². The lowest BCUT2D eigenvalue weighted by atomic mass is 10.1. The summed E-state index contributed by atoms with van der Waals surface area (Å²) in [5.41, 5.74) is 7.29. The van der Waals surface area contributed by atoms with E-state index in [1.807, 2.05) is 0 Å². The Morgan fingerprint density at radius 2 is 1.88 bits per heavy atom. The number of nitrogens with one attached hydrogen (secondary N) is 2. The van der Waals surface area contributed by atoms with Crippen LogP contribution in [0.4, 0.5) is 0 Å². The molecule has 1 unspecified atom stereocenters. The fourth-order valence-electron chi connectivity index (χ4n) is 2.93. The van der Waals surface area contributed by atoms with Gasteiger partial charge in [-0.2, -0.15) is 9.98 Å². The van der Waals surface area contributed by atoms with Gasteiger partial charge in [0.2, 0.25) is 11.1 Å². The maximum Gasteiger partial charge on any atom is 0.252 e. The number of thiocarbonyl (C=S) groups is 1. The average Bonchev–Trinajstić information content (AvgIpc) is 3.00. The maximum absolute atomic E-state index is 6.44. The zero-order valence-corrected chi connectivity index (χ0v) is 16.3. The smallest absolute Gasteiger partial charge is 0.252 e. The summed E-state index contributed by atoms with van der Waals surface area (Å²) in [6.07, 6.45) is -0.442. The molecule has 1 saturated heterocycles. The second-order valence-corrected chi connectivity index (χ2v) is 7.12. The molecule has 0 saturated carbocycles. The van der Waals surface area contributed by atoms with Gasteiger partial charge in [0.15, 0.2) is 0 Å². The van der Waals surface area contributed by atoms with Crippen LogP contribution in [0.25, 0.3) is 0 Å². The second kappa shape index (κ2) is 7.16. The van der Waals surface area contributed by atoms with E-state index in [0.717, 1.165) is 13.1 Å². The monoisotopic (exact) mass is 413 g/mol. The lowest BCUT2D eigenvalue weighted by molar-refractivity contribution is 0.0642. The maximum atomic E-state index is 6.44. The third-order valence-electron chi connectivity index (χ3n) is 4.28. The molecule has 0 amide bonds. The molecule has 0 bridgehead atoms. The first-order valence-corrected chi connectivity index (χ1v) is 9.25. The fraction of sp³-hybridized carbons (Fsp3) is 0.400. The van der Waals surface area contributed by atoms with E-state index in [1.54, 1.807) is 35.3 Å². The van der Waals surface area contributed by atoms with Crippen molar-refractivity contribution in [2.24, 2.45) is 9.98 Å². The molecule has 1 atom stereocenters. The molecule has 2 N–H and O–H groups in total. The van der Waals surface area contributed by atoms with Crippen LogP contribution in [-0.2, 0) is 4.74 Å². The largest absolute Gasteiger partial charge is 0.378 e. The van der Waals surface area contributed by atoms with Gasteiger partial charge in [-0.15, -0.1) is 0 Å². The van der Waals surface area contributed by atoms with Gasteiger partial charge in [0.05, 0.1) is 13.2 Å². The van der Waals surface area contributed by atoms with Gasteiger partial charge in [0.25, 0.3) is 5.96 Å². The zero-order chi connectivity index (χ0) is 18.3. The SMILES string of the molecule is CN1NC(c2c(Cl)cccc2Cl)N2NC(N3CCOCC3)=NC2=NC1=S. The molecule has 0 radical (unpaired) electrons. The number of fused-ring (bicyclic) bond motifs is 1. The third kappa shape index (κ3) is 3.21. The molecule has 138 valence electrons. The molecule has 3 heterocycles. The molecule has 26 heavy (non-hydrogen) atoms. The molecule has 11 heteroatoms. The summed E-state index contributed by atoms with van der Waals surface area (Å²) in [5, 5.41) is 4.88. The van der Waals surface area contributed by atoms with Gasteiger partial charge in [0, 0.05) is 35.7 Å². The van der Waals surface area contributed by atoms with Crippen molar-refractivity contribution in [2.45, 2.75) is 6.17 Å². The quantitative estimate of drug-likeness (QED) is 0.677. The second-order valence-electron chi connectivity index (χ2n) is 5.94. The molecule has 0 aromatic heterocycles. The number of ether oxygens (including phenoxy) is 1. The van der Waals surface area contributed by atoms with Crippen LogP contribution in [0.2, 0.25) is 10.0 Å². The first-order valence-electron chi connectivity index (χ1n) is 8.08. The van der Waals surface area contributed by atoms with E-state index in [2.05, 4.69) is 25.7 Å². The molecule has 1 fully saturated rings. The van der Waals surface area contributed by atoms with Crippen LogP contribution in [0.15, 0.2) is 28.2 Å². The van der Waals surface area contributed by atoms with E-state index in [4.69, 9.17) is 40.2 Å². The number of halogens is 2. The topological polar surface area (TPSA) is 67.7 Å². The Kier molecular flexibility index (Phi) is 4.89. The molecular formula is C15H17Cl2N7OS. The molecule has 8 nitrogen and oxygen atoms in total. The summed E-state index contributed by atoms with van der Waals surface area (Å²) < 4.78 is 5.41. The molecule has 3 aliphatic heterocycles. The summed E-state index contributed by atoms with van der Waals surface area (Å²) in [6.45, 7) is 2.82. The van der Waals surface area contributed by atoms with Crippen LogP contribution in [0.5, 0.6) is 0 Å². The van der Waals surface area contributed by atoms with E-state index in [1.165, 1.54) is 0 Å². The molecule has 0 spiro atoms. The molecule has 1 aromatic rings. The fourth-order valence-corrected chi connectivity index (χ4v) is 3.67. The van der Waals surface area contributed by atoms with Gasteiger partial charge in [-0.3, -0.25) is 10.4 Å². The first-order chi connectivity index (χ1) is 12.5. The molecule has 3 aliphatic rings. The summed E-state index contributed by atoms with van der Waals surface area (Å²) in [7, 11) is 1.79. The highest BCUT2D eigenvalue weighted by Crippen LogP contribution is 2.33. The van der Waals surface area contributed by atoms with Gasteiger partial charge in [-0.05, 0) is 24.4 Å². The Balaban J connectivity index is 1.71. The minimum Gasteiger partial charge on any atom is -0.378 e. The van der Waals surface area contributed by atoms with Crippen molar-refractivity contribution in [3.05, 3.63) is 33.8 Å². The average molecular weight is 414 g/mol. The molecule has 1 aromatic carbocycles. The number of guanidine groups is 2. The zero-order valence-electron chi connectivity index (χ0n) is 13.9. The standard InChI is InChI=1S/C15H17Cl2N7OS/c1-22-15(26)19-13-18-14(23-5-7-25-8-6-23)21-24(13)12(20-22)11-9(16)3-2-4-10(11)17/h2-4,12,20H,5-8H2,1H3,(H,18,19,21,26). The van der Waals surface area contributed by atoms with Gasteiger partial charge in [-0.25, -0.2) is 10.4 Å². The Morgan fingerprint density at radius 1 is 1.19 bits per heavy atom. The number of rotatable bonds is 1. The van der Waals surface area contributed by atoms with Gasteiger partial charge < -0.3 is 9.64 Å². The van der Waals surface area contributed by atoms with E-state index >= 15 is 0 Å². The minimum absolute atomic E-state index is 0.365. The number of morpholine rings is 1. The number of hydrazine groups is 2. The van der Waals surface area contributed by atoms with Crippen molar-refractivity contribution in [1.82, 2.24) is 25.8 Å². The number of aliphatic imine (C=N–C) groups is 2. The predicted octanol–water partition coefficient (Wildman–Crippen LogP) is 1.59. The Hall–Kier alpha value is -1.65. The predicted molar refractivity (Wildman–Crippen MR) is 105 cm³/mol. The van der Waals surface area contributed by atoms with Gasteiger partial charge >= 0.3 is 0 Å². The Labute approximate surface area is 166 Å². The number of benzene rings is 1. The lowest BCUT2D eigenvalue weighted by Crippen LogP contribution is -2.53. The van der Waals surface area contributed by atoms with Gasteiger partial charge in [0.1, 0.15) is 6.17 Å². The summed E-state index contributed by atoms with van der Waals surface area (Å²) >= 11 is 18.2. The number of hydrogen-bond acceptors (Lipinski definition) is 7. The van der Waals surface area contributed by atoms with Crippen molar-refractivity contribution in [3.63, 3.8) is 0 Å². The normalized spacial score (nSPS) is 23.3. The van der Waals surface area contributed by atoms with Crippen LogP contribution < -0.4 is 10.9 Å². The van der Waals surface area contributed by atoms with E-state index in [-0.39, 0.29) is 0 Å². The summed E-state index contributed by atoms with van der Waals surface area (Å²) in [4.78, 5) is 11.2. The van der Waals surface area contributed by atoms with E-state index in [9.17, 15) is 0 Å². The number of nitrogens with zero attached hydrogens (tertiary/aromatic N) is 5. The third-order valence-corrected chi connectivity index (χ3v) is 5.31. The summed E-state index contributed by atoms with van der Waals surface area (Å²) in [6, 6.07) is 5.40. The Bertz CT molecular complexity index is 776. The molecule has 4 rings (SSSR count). The highest BCUT2D eigenvalue weighted by molar-refractivity contribution is 7.80. The van der Waals surface area contributed by atoms with Crippen molar-refractivity contribution in [2.75, 3.05) is 33.4 Å². The van der Waals surface area contributed by atoms with Crippen LogP contribution in [0.3, 0.4) is 0 Å². The van der Waals surface area contributed by atoms with Crippen molar-refractivity contribution < 1.29 is 4.74 Å². The van der Waals surface area contributed by atoms with Crippen LogP contribution in [0.1, 0.15) is 11.7 Å². The highest BCUT2D eigenvalue weighted by atomic mass is 35.5.